The quantitative estimate of drug-likeness (QED) is 0.163. The SMILES string of the molecule is C1CCOC1.CC(/C=C(/C)[N-]c1c(C)cccc1C)=Nc1c(C)cccc1C.CC(/C=C(/C)[N-]c1c(C)cccc1C)=Nc1c(C)cccc1C.[Eu+2]. The number of rotatable bonds is 8. The number of hydrogen-bond acceptors (Lipinski definition) is 3. The zero-order valence-electron chi connectivity index (χ0n) is 33.5. The van der Waals surface area contributed by atoms with Crippen LogP contribution in [-0.2, 0) is 4.74 Å². The molecule has 0 aromatic heterocycles. The van der Waals surface area contributed by atoms with Crippen LogP contribution in [0.3, 0.4) is 0 Å². The first-order valence-corrected chi connectivity index (χ1v) is 18.0. The van der Waals surface area contributed by atoms with Crippen LogP contribution in [0.4, 0.5) is 22.7 Å². The predicted octanol–water partition coefficient (Wildman–Crippen LogP) is 14.0. The van der Waals surface area contributed by atoms with Crippen molar-refractivity contribution in [3.05, 3.63) is 151 Å². The van der Waals surface area contributed by atoms with Crippen molar-refractivity contribution >= 4 is 34.2 Å². The molecule has 0 N–H and O–H groups in total. The third-order valence-corrected chi connectivity index (χ3v) is 8.57. The summed E-state index contributed by atoms with van der Waals surface area (Å²) in [5, 5.41) is 9.53. The minimum Gasteiger partial charge on any atom is -0.661 e. The molecular weight excluding hydrogens is 776 g/mol. The molecule has 4 aromatic carbocycles. The molecule has 0 unspecified atom stereocenters. The largest absolute Gasteiger partial charge is 2.00 e. The fraction of sp³-hybridized carbons (Fsp3) is 0.348. The van der Waals surface area contributed by atoms with Crippen molar-refractivity contribution in [2.24, 2.45) is 9.98 Å². The van der Waals surface area contributed by atoms with E-state index in [1.165, 1.54) is 57.3 Å². The van der Waals surface area contributed by atoms with E-state index in [0.29, 0.717) is 0 Å². The molecule has 0 saturated carbocycles. The summed E-state index contributed by atoms with van der Waals surface area (Å²) in [7, 11) is 0. The third kappa shape index (κ3) is 14.7. The van der Waals surface area contributed by atoms with E-state index < -0.39 is 0 Å². The second-order valence-electron chi connectivity index (χ2n) is 13.6. The second-order valence-corrected chi connectivity index (χ2v) is 13.6. The Morgan fingerprint density at radius 1 is 0.481 bits per heavy atom. The minimum absolute atomic E-state index is 0. The molecule has 1 saturated heterocycles. The van der Waals surface area contributed by atoms with Gasteiger partial charge in [-0.05, 0) is 104 Å². The van der Waals surface area contributed by atoms with Crippen molar-refractivity contribution in [2.75, 3.05) is 13.2 Å². The summed E-state index contributed by atoms with van der Waals surface area (Å²) in [6.07, 6.45) is 6.63. The van der Waals surface area contributed by atoms with Crippen molar-refractivity contribution in [1.29, 1.82) is 0 Å². The number of benzene rings is 4. The molecule has 5 nitrogen and oxygen atoms in total. The molecule has 275 valence electrons. The molecule has 0 aliphatic carbocycles. The summed E-state index contributed by atoms with van der Waals surface area (Å²) in [6.45, 7) is 26.8. The van der Waals surface area contributed by atoms with E-state index >= 15 is 0 Å². The number of allylic oxidation sites excluding steroid dienone is 4. The van der Waals surface area contributed by atoms with Gasteiger partial charge in [0.25, 0.3) is 0 Å². The number of nitrogens with zero attached hydrogens (tertiary/aromatic N) is 4. The molecule has 1 fully saturated rings. The van der Waals surface area contributed by atoms with Gasteiger partial charge in [0.15, 0.2) is 0 Å². The molecule has 0 spiro atoms. The van der Waals surface area contributed by atoms with Crippen LogP contribution in [0.15, 0.2) is 106 Å². The Morgan fingerprint density at radius 2 is 0.750 bits per heavy atom. The fourth-order valence-corrected chi connectivity index (χ4v) is 5.88. The van der Waals surface area contributed by atoms with Crippen LogP contribution in [0.5, 0.6) is 0 Å². The number of ether oxygens (including phenoxy) is 1. The van der Waals surface area contributed by atoms with Crippen LogP contribution in [0, 0.1) is 105 Å². The Hall–Kier alpha value is -3.16. The molecular formula is C46H58EuN4O. The van der Waals surface area contributed by atoms with Gasteiger partial charge in [-0.15, -0.1) is 11.4 Å². The van der Waals surface area contributed by atoms with E-state index in [1.54, 1.807) is 0 Å². The van der Waals surface area contributed by atoms with Crippen molar-refractivity contribution in [2.45, 2.75) is 95.9 Å². The van der Waals surface area contributed by atoms with Gasteiger partial charge in [0, 0.05) is 24.6 Å². The van der Waals surface area contributed by atoms with Crippen molar-refractivity contribution < 1.29 is 54.1 Å². The molecule has 4 aromatic rings. The van der Waals surface area contributed by atoms with Gasteiger partial charge in [0.1, 0.15) is 0 Å². The number of aliphatic imine (C=N–C) groups is 2. The molecule has 5 rings (SSSR count). The number of hydrogen-bond donors (Lipinski definition) is 0. The summed E-state index contributed by atoms with van der Waals surface area (Å²) >= 11 is 0. The first-order valence-electron chi connectivity index (χ1n) is 18.0. The van der Waals surface area contributed by atoms with Gasteiger partial charge in [-0.25, -0.2) is 0 Å². The Labute approximate surface area is 355 Å². The summed E-state index contributed by atoms with van der Waals surface area (Å²) in [6, 6.07) is 25.0. The van der Waals surface area contributed by atoms with Crippen molar-refractivity contribution in [3.8, 4) is 0 Å². The molecule has 1 heterocycles. The third-order valence-electron chi connectivity index (χ3n) is 8.57. The van der Waals surface area contributed by atoms with Crippen LogP contribution in [0.1, 0.15) is 85.0 Å². The maximum atomic E-state index is 4.94. The van der Waals surface area contributed by atoms with Crippen LogP contribution in [0.25, 0.3) is 10.6 Å². The van der Waals surface area contributed by atoms with Gasteiger partial charge in [0.05, 0.1) is 11.4 Å². The maximum absolute atomic E-state index is 4.94. The molecule has 0 atom stereocenters. The van der Waals surface area contributed by atoms with Crippen molar-refractivity contribution in [3.63, 3.8) is 0 Å². The Bertz CT molecular complexity index is 1680. The van der Waals surface area contributed by atoms with Crippen molar-refractivity contribution in [1.82, 2.24) is 0 Å². The van der Waals surface area contributed by atoms with E-state index in [-0.39, 0.29) is 49.4 Å². The van der Waals surface area contributed by atoms with E-state index in [0.717, 1.165) is 58.8 Å². The number of aryl methyl sites for hydroxylation is 8. The van der Waals surface area contributed by atoms with Gasteiger partial charge < -0.3 is 15.4 Å². The second kappa shape index (κ2) is 22.8. The standard InChI is InChI=1S/2C21H25N2.C4H8O.Eu/c2*1-14-9-7-10-15(2)20(14)22-18(5)13-19(6)23-21-16(3)11-8-12-17(21)4;1-2-4-5-3-1;/h2*7-13H,1-6H3;1-4H2;/q2*-1;;+2/b2*18-13-,23-19?;;. The molecule has 6 heteroatoms. The topological polar surface area (TPSA) is 62.1 Å². The van der Waals surface area contributed by atoms with Crippen LogP contribution in [-0.4, -0.2) is 24.6 Å². The normalized spacial score (nSPS) is 13.3. The van der Waals surface area contributed by atoms with Gasteiger partial charge >= 0.3 is 49.4 Å². The first kappa shape index (κ1) is 45.0. The smallest absolute Gasteiger partial charge is 0.661 e. The average molecular weight is 835 g/mol. The average Bonchev–Trinajstić information content (AvgIpc) is 3.66. The van der Waals surface area contributed by atoms with E-state index in [2.05, 4.69) is 128 Å². The Kier molecular flexibility index (Phi) is 19.7. The first-order chi connectivity index (χ1) is 24.3. The predicted molar refractivity (Wildman–Crippen MR) is 223 cm³/mol. The zero-order valence-corrected chi connectivity index (χ0v) is 35.9. The summed E-state index contributed by atoms with van der Waals surface area (Å²) < 4.78 is 4.94. The molecule has 52 heavy (non-hydrogen) atoms. The maximum Gasteiger partial charge on any atom is 2.00 e. The van der Waals surface area contributed by atoms with Gasteiger partial charge in [0.2, 0.25) is 0 Å². The molecule has 0 bridgehead atoms. The summed E-state index contributed by atoms with van der Waals surface area (Å²) in [4.78, 5) is 9.53. The molecule has 1 radical (unpaired) electrons. The Balaban J connectivity index is 0.000000311. The monoisotopic (exact) mass is 835 g/mol. The van der Waals surface area contributed by atoms with Crippen LogP contribution < -0.4 is 0 Å². The van der Waals surface area contributed by atoms with E-state index in [9.17, 15) is 0 Å². The Morgan fingerprint density at radius 3 is 1.00 bits per heavy atom. The van der Waals surface area contributed by atoms with E-state index in [1.807, 2.05) is 39.8 Å². The number of para-hydroxylation sites is 4. The summed E-state index contributed by atoms with van der Waals surface area (Å²) in [5.74, 6) is 0. The summed E-state index contributed by atoms with van der Waals surface area (Å²) in [5.41, 5.74) is 17.7. The van der Waals surface area contributed by atoms with Crippen LogP contribution in [0.2, 0.25) is 0 Å². The van der Waals surface area contributed by atoms with Gasteiger partial charge in [-0.3, -0.25) is 9.98 Å². The fourth-order valence-electron chi connectivity index (χ4n) is 5.88. The van der Waals surface area contributed by atoms with Gasteiger partial charge in [-0.2, -0.15) is 11.4 Å². The van der Waals surface area contributed by atoms with E-state index in [4.69, 9.17) is 25.4 Å². The minimum atomic E-state index is 0. The zero-order chi connectivity index (χ0) is 37.5. The molecule has 1 aliphatic heterocycles. The van der Waals surface area contributed by atoms with Crippen LogP contribution >= 0.6 is 0 Å². The molecule has 0 amide bonds. The van der Waals surface area contributed by atoms with Gasteiger partial charge in [-0.1, -0.05) is 121 Å². The molecule has 1 aliphatic rings.